The zero-order chi connectivity index (χ0) is 15.5. The summed E-state index contributed by atoms with van der Waals surface area (Å²) in [5.41, 5.74) is 3.96. The minimum atomic E-state index is -0.776. The highest BCUT2D eigenvalue weighted by molar-refractivity contribution is 5.67. The number of aliphatic carboxylic acids is 1. The number of hydrogen-bond acceptors (Lipinski definition) is 4. The number of morpholine rings is 1. The first kappa shape index (κ1) is 15.3. The zero-order valence-electron chi connectivity index (χ0n) is 13.0. The van der Waals surface area contributed by atoms with E-state index in [2.05, 4.69) is 17.0 Å². The van der Waals surface area contributed by atoms with Crippen molar-refractivity contribution >= 4 is 5.97 Å². The van der Waals surface area contributed by atoms with Crippen LogP contribution in [0.15, 0.2) is 12.1 Å². The molecule has 120 valence electrons. The van der Waals surface area contributed by atoms with Gasteiger partial charge in [0, 0.05) is 24.7 Å². The molecule has 22 heavy (non-hydrogen) atoms. The van der Waals surface area contributed by atoms with E-state index in [1.54, 1.807) is 7.11 Å². The molecule has 1 atom stereocenters. The van der Waals surface area contributed by atoms with Gasteiger partial charge in [-0.15, -0.1) is 0 Å². The fraction of sp³-hybridized carbons (Fsp3) is 0.588. The minimum absolute atomic E-state index is 0.0655. The lowest BCUT2D eigenvalue weighted by atomic mass is 10.0. The quantitative estimate of drug-likeness (QED) is 0.900. The third-order valence-electron chi connectivity index (χ3n) is 4.63. The lowest BCUT2D eigenvalue weighted by Crippen LogP contribution is -2.45. The fourth-order valence-electron chi connectivity index (χ4n) is 3.47. The van der Waals surface area contributed by atoms with E-state index in [9.17, 15) is 4.79 Å². The van der Waals surface area contributed by atoms with Gasteiger partial charge in [-0.3, -0.25) is 9.69 Å². The summed E-state index contributed by atoms with van der Waals surface area (Å²) in [6.07, 6.45) is 3.59. The van der Waals surface area contributed by atoms with E-state index in [1.807, 2.05) is 0 Å². The van der Waals surface area contributed by atoms with Crippen molar-refractivity contribution in [2.24, 2.45) is 0 Å². The SMILES string of the molecule is COc1cc2c(cc1CN1CCOCC1CC(=O)O)CCC2. The number of ether oxygens (including phenoxy) is 2. The van der Waals surface area contributed by atoms with Crippen molar-refractivity contribution < 1.29 is 19.4 Å². The Kier molecular flexibility index (Phi) is 4.64. The van der Waals surface area contributed by atoms with Crippen molar-refractivity contribution in [2.45, 2.75) is 38.3 Å². The van der Waals surface area contributed by atoms with Crippen LogP contribution in [0.5, 0.6) is 5.75 Å². The van der Waals surface area contributed by atoms with Gasteiger partial charge in [0.1, 0.15) is 5.75 Å². The highest BCUT2D eigenvalue weighted by Crippen LogP contribution is 2.31. The molecule has 0 amide bonds. The Bertz CT molecular complexity index is 558. The number of carboxylic acid groups (broad SMARTS) is 1. The van der Waals surface area contributed by atoms with E-state index in [0.717, 1.165) is 37.2 Å². The van der Waals surface area contributed by atoms with Gasteiger partial charge in [0.25, 0.3) is 0 Å². The summed E-state index contributed by atoms with van der Waals surface area (Å²) in [5.74, 6) is 0.141. The predicted molar refractivity (Wildman–Crippen MR) is 82.3 cm³/mol. The van der Waals surface area contributed by atoms with Crippen molar-refractivity contribution in [1.82, 2.24) is 4.90 Å². The van der Waals surface area contributed by atoms with Gasteiger partial charge in [-0.2, -0.15) is 0 Å². The van der Waals surface area contributed by atoms with E-state index in [0.29, 0.717) is 13.2 Å². The maximum atomic E-state index is 11.0. The van der Waals surface area contributed by atoms with Crippen molar-refractivity contribution in [3.05, 3.63) is 28.8 Å². The Morgan fingerprint density at radius 2 is 2.18 bits per heavy atom. The second-order valence-corrected chi connectivity index (χ2v) is 6.08. The van der Waals surface area contributed by atoms with Crippen molar-refractivity contribution in [3.63, 3.8) is 0 Å². The lowest BCUT2D eigenvalue weighted by Gasteiger charge is -2.35. The second kappa shape index (κ2) is 6.67. The number of hydrogen-bond donors (Lipinski definition) is 1. The highest BCUT2D eigenvalue weighted by Gasteiger charge is 2.26. The fourth-order valence-corrected chi connectivity index (χ4v) is 3.47. The van der Waals surface area contributed by atoms with Gasteiger partial charge in [-0.05, 0) is 36.5 Å². The third kappa shape index (κ3) is 3.25. The van der Waals surface area contributed by atoms with Crippen molar-refractivity contribution in [2.75, 3.05) is 26.9 Å². The molecule has 3 rings (SSSR count). The van der Waals surface area contributed by atoms with Crippen LogP contribution in [0.25, 0.3) is 0 Å². The second-order valence-electron chi connectivity index (χ2n) is 6.08. The number of methoxy groups -OCH3 is 1. The van der Waals surface area contributed by atoms with Gasteiger partial charge in [0.15, 0.2) is 0 Å². The molecule has 5 heteroatoms. The van der Waals surface area contributed by atoms with Gasteiger partial charge < -0.3 is 14.6 Å². The molecule has 0 aromatic heterocycles. The summed E-state index contributed by atoms with van der Waals surface area (Å²) in [6, 6.07) is 4.34. The van der Waals surface area contributed by atoms with Crippen LogP contribution in [0.4, 0.5) is 0 Å². The van der Waals surface area contributed by atoms with Crippen LogP contribution in [0.3, 0.4) is 0 Å². The molecule has 1 aromatic carbocycles. The average Bonchev–Trinajstić information content (AvgIpc) is 2.95. The van der Waals surface area contributed by atoms with Gasteiger partial charge >= 0.3 is 5.97 Å². The zero-order valence-corrected chi connectivity index (χ0v) is 13.0. The molecule has 5 nitrogen and oxygen atoms in total. The van der Waals surface area contributed by atoms with E-state index >= 15 is 0 Å². The van der Waals surface area contributed by atoms with Crippen LogP contribution < -0.4 is 4.74 Å². The molecule has 1 aliphatic carbocycles. The van der Waals surface area contributed by atoms with E-state index in [1.165, 1.54) is 17.5 Å². The molecular formula is C17H23NO4. The Balaban J connectivity index is 1.80. The molecule has 1 fully saturated rings. The largest absolute Gasteiger partial charge is 0.496 e. The van der Waals surface area contributed by atoms with Crippen LogP contribution in [-0.4, -0.2) is 48.9 Å². The number of aryl methyl sites for hydroxylation is 2. The van der Waals surface area contributed by atoms with E-state index in [4.69, 9.17) is 14.6 Å². The van der Waals surface area contributed by atoms with Crippen LogP contribution in [0, 0.1) is 0 Å². The van der Waals surface area contributed by atoms with Gasteiger partial charge in [-0.25, -0.2) is 0 Å². The molecule has 0 spiro atoms. The first-order valence-corrected chi connectivity index (χ1v) is 7.89. The number of fused-ring (bicyclic) bond motifs is 1. The lowest BCUT2D eigenvalue weighted by molar-refractivity contribution is -0.140. The van der Waals surface area contributed by atoms with E-state index in [-0.39, 0.29) is 12.5 Å². The summed E-state index contributed by atoms with van der Waals surface area (Å²) >= 11 is 0. The summed E-state index contributed by atoms with van der Waals surface area (Å²) in [7, 11) is 1.70. The van der Waals surface area contributed by atoms with E-state index < -0.39 is 5.97 Å². The molecule has 2 aliphatic rings. The first-order chi connectivity index (χ1) is 10.7. The first-order valence-electron chi connectivity index (χ1n) is 7.89. The van der Waals surface area contributed by atoms with Gasteiger partial charge in [0.05, 0.1) is 26.7 Å². The maximum Gasteiger partial charge on any atom is 0.305 e. The van der Waals surface area contributed by atoms with Crippen LogP contribution in [0.1, 0.15) is 29.5 Å². The van der Waals surface area contributed by atoms with Crippen LogP contribution in [-0.2, 0) is 28.9 Å². The molecule has 0 bridgehead atoms. The monoisotopic (exact) mass is 305 g/mol. The minimum Gasteiger partial charge on any atom is -0.496 e. The molecular weight excluding hydrogens is 282 g/mol. The Hall–Kier alpha value is -1.59. The number of carbonyl (C=O) groups is 1. The summed E-state index contributed by atoms with van der Waals surface area (Å²) in [6.45, 7) is 2.62. The topological polar surface area (TPSA) is 59.0 Å². The number of carboxylic acids is 1. The standard InChI is InChI=1S/C17H23NO4/c1-21-16-8-13-4-2-3-12(13)7-14(16)10-18-5-6-22-11-15(18)9-17(19)20/h7-8,15H,2-6,9-11H2,1H3,(H,19,20). The smallest absolute Gasteiger partial charge is 0.305 e. The Labute approximate surface area is 130 Å². The number of benzene rings is 1. The maximum absolute atomic E-state index is 11.0. The van der Waals surface area contributed by atoms with Gasteiger partial charge in [-0.1, -0.05) is 6.07 Å². The molecule has 1 unspecified atom stereocenters. The number of nitrogens with zero attached hydrogens (tertiary/aromatic N) is 1. The molecule has 1 N–H and O–H groups in total. The summed E-state index contributed by atoms with van der Waals surface area (Å²) in [4.78, 5) is 13.2. The average molecular weight is 305 g/mol. The predicted octanol–water partition coefficient (Wildman–Crippen LogP) is 1.86. The molecule has 1 heterocycles. The van der Waals surface area contributed by atoms with Gasteiger partial charge in [0.2, 0.25) is 0 Å². The Morgan fingerprint density at radius 3 is 2.91 bits per heavy atom. The van der Waals surface area contributed by atoms with Crippen LogP contribution >= 0.6 is 0 Å². The molecule has 1 aromatic rings. The summed E-state index contributed by atoms with van der Waals surface area (Å²) in [5, 5.41) is 9.07. The third-order valence-corrected chi connectivity index (χ3v) is 4.63. The number of rotatable bonds is 5. The highest BCUT2D eigenvalue weighted by atomic mass is 16.5. The van der Waals surface area contributed by atoms with Crippen LogP contribution in [0.2, 0.25) is 0 Å². The molecule has 1 aliphatic heterocycles. The molecule has 1 saturated heterocycles. The van der Waals surface area contributed by atoms with Crippen molar-refractivity contribution in [1.29, 1.82) is 0 Å². The summed E-state index contributed by atoms with van der Waals surface area (Å²) < 4.78 is 11.0. The molecule has 0 radical (unpaired) electrons. The molecule has 0 saturated carbocycles. The van der Waals surface area contributed by atoms with Crippen molar-refractivity contribution in [3.8, 4) is 5.75 Å². The normalized spacial score (nSPS) is 21.6. The Morgan fingerprint density at radius 1 is 1.41 bits per heavy atom.